The smallest absolute Gasteiger partial charge is 0.335 e. The minimum atomic E-state index is -1.07. The molecule has 2 aromatic heterocycles. The van der Waals surface area contributed by atoms with E-state index in [0.717, 1.165) is 11.1 Å². The SMILES string of the molecule is Cc1ccc(-c2cc(=O)n(-c3cc(C(=O)O)ccn3)[nH]2)cc1. The maximum atomic E-state index is 12.1. The highest BCUT2D eigenvalue weighted by molar-refractivity contribution is 5.87. The number of aromatic nitrogens is 3. The van der Waals surface area contributed by atoms with Gasteiger partial charge in [-0.1, -0.05) is 29.8 Å². The Morgan fingerprint density at radius 3 is 2.59 bits per heavy atom. The number of H-pyrrole nitrogens is 1. The van der Waals surface area contributed by atoms with Gasteiger partial charge in [0.2, 0.25) is 0 Å². The van der Waals surface area contributed by atoms with Gasteiger partial charge in [0, 0.05) is 12.3 Å². The molecule has 1 aromatic carbocycles. The number of aryl methyl sites for hydroxylation is 1. The van der Waals surface area contributed by atoms with Crippen LogP contribution in [0.3, 0.4) is 0 Å². The van der Waals surface area contributed by atoms with Crippen molar-refractivity contribution in [1.82, 2.24) is 14.8 Å². The molecule has 0 fully saturated rings. The van der Waals surface area contributed by atoms with Crippen molar-refractivity contribution >= 4 is 5.97 Å². The van der Waals surface area contributed by atoms with Crippen LogP contribution < -0.4 is 5.56 Å². The standard InChI is InChI=1S/C16H13N3O3/c1-10-2-4-11(5-3-10)13-9-15(20)19(18-13)14-8-12(16(21)22)6-7-17-14/h2-9,18H,1H3,(H,21,22). The molecule has 0 spiro atoms. The maximum absolute atomic E-state index is 12.1. The van der Waals surface area contributed by atoms with Gasteiger partial charge in [0.1, 0.15) is 0 Å². The minimum absolute atomic E-state index is 0.0726. The van der Waals surface area contributed by atoms with Crippen molar-refractivity contribution in [1.29, 1.82) is 0 Å². The topological polar surface area (TPSA) is 88.0 Å². The molecular weight excluding hydrogens is 282 g/mol. The van der Waals surface area contributed by atoms with Gasteiger partial charge in [0.05, 0.1) is 11.3 Å². The van der Waals surface area contributed by atoms with Crippen LogP contribution in [0.4, 0.5) is 0 Å². The third-order valence-corrected chi connectivity index (χ3v) is 3.30. The van der Waals surface area contributed by atoms with Gasteiger partial charge in [-0.05, 0) is 24.6 Å². The van der Waals surface area contributed by atoms with E-state index < -0.39 is 5.97 Å². The first kappa shape index (κ1) is 13.8. The Labute approximate surface area is 125 Å². The normalized spacial score (nSPS) is 10.6. The first-order valence-corrected chi connectivity index (χ1v) is 6.63. The van der Waals surface area contributed by atoms with Crippen LogP contribution in [-0.2, 0) is 0 Å². The average Bonchev–Trinajstić information content (AvgIpc) is 2.90. The van der Waals surface area contributed by atoms with Crippen LogP contribution in [0.1, 0.15) is 15.9 Å². The average molecular weight is 295 g/mol. The van der Waals surface area contributed by atoms with Crippen LogP contribution in [-0.4, -0.2) is 25.8 Å². The molecule has 0 aliphatic heterocycles. The summed E-state index contributed by atoms with van der Waals surface area (Å²) < 4.78 is 1.22. The third kappa shape index (κ3) is 2.54. The van der Waals surface area contributed by atoms with Gasteiger partial charge in [-0.3, -0.25) is 9.89 Å². The number of hydrogen-bond donors (Lipinski definition) is 2. The third-order valence-electron chi connectivity index (χ3n) is 3.30. The van der Waals surface area contributed by atoms with Crippen molar-refractivity contribution in [2.75, 3.05) is 0 Å². The van der Waals surface area contributed by atoms with Crippen LogP contribution in [0.15, 0.2) is 53.5 Å². The summed E-state index contributed by atoms with van der Waals surface area (Å²) in [6.07, 6.45) is 1.36. The lowest BCUT2D eigenvalue weighted by Crippen LogP contribution is -2.15. The largest absolute Gasteiger partial charge is 0.478 e. The lowest BCUT2D eigenvalue weighted by atomic mass is 10.1. The van der Waals surface area contributed by atoms with Crippen LogP contribution >= 0.6 is 0 Å². The zero-order chi connectivity index (χ0) is 15.7. The van der Waals surface area contributed by atoms with Crippen LogP contribution in [0.25, 0.3) is 17.1 Å². The second-order valence-electron chi connectivity index (χ2n) is 4.92. The molecule has 0 bridgehead atoms. The Morgan fingerprint density at radius 2 is 1.91 bits per heavy atom. The van der Waals surface area contributed by atoms with Crippen molar-refractivity contribution in [2.45, 2.75) is 6.92 Å². The number of carboxylic acids is 1. The first-order valence-electron chi connectivity index (χ1n) is 6.63. The summed E-state index contributed by atoms with van der Waals surface area (Å²) in [4.78, 5) is 27.2. The van der Waals surface area contributed by atoms with Crippen LogP contribution in [0.5, 0.6) is 0 Å². The molecule has 6 heteroatoms. The van der Waals surface area contributed by atoms with Crippen molar-refractivity contribution in [3.8, 4) is 17.1 Å². The number of rotatable bonds is 3. The van der Waals surface area contributed by atoms with Crippen molar-refractivity contribution in [2.24, 2.45) is 0 Å². The molecule has 0 atom stereocenters. The van der Waals surface area contributed by atoms with E-state index in [4.69, 9.17) is 5.11 Å². The monoisotopic (exact) mass is 295 g/mol. The molecular formula is C16H13N3O3. The fraction of sp³-hybridized carbons (Fsp3) is 0.0625. The van der Waals surface area contributed by atoms with E-state index in [1.165, 1.54) is 29.1 Å². The van der Waals surface area contributed by atoms with Gasteiger partial charge in [0.15, 0.2) is 5.82 Å². The highest BCUT2D eigenvalue weighted by atomic mass is 16.4. The lowest BCUT2D eigenvalue weighted by molar-refractivity contribution is 0.0696. The van der Waals surface area contributed by atoms with E-state index in [0.29, 0.717) is 5.69 Å². The Balaban J connectivity index is 2.06. The van der Waals surface area contributed by atoms with E-state index in [1.54, 1.807) is 0 Å². The summed E-state index contributed by atoms with van der Waals surface area (Å²) in [6.45, 7) is 1.99. The van der Waals surface area contributed by atoms with Crippen LogP contribution in [0.2, 0.25) is 0 Å². The number of pyridine rings is 1. The van der Waals surface area contributed by atoms with Crippen molar-refractivity contribution in [3.05, 3.63) is 70.1 Å². The Kier molecular flexibility index (Phi) is 3.34. The molecule has 2 heterocycles. The molecule has 3 rings (SSSR count). The van der Waals surface area contributed by atoms with Crippen molar-refractivity contribution < 1.29 is 9.90 Å². The fourth-order valence-corrected chi connectivity index (χ4v) is 2.12. The number of hydrogen-bond acceptors (Lipinski definition) is 3. The van der Waals surface area contributed by atoms with Gasteiger partial charge in [-0.15, -0.1) is 0 Å². The summed E-state index contributed by atoms with van der Waals surface area (Å²) in [7, 11) is 0. The number of nitrogens with one attached hydrogen (secondary N) is 1. The van der Waals surface area contributed by atoms with E-state index in [1.807, 2.05) is 31.2 Å². The molecule has 0 aliphatic rings. The van der Waals surface area contributed by atoms with Gasteiger partial charge < -0.3 is 5.11 Å². The molecule has 0 aliphatic carbocycles. The molecule has 2 N–H and O–H groups in total. The number of carboxylic acid groups (broad SMARTS) is 1. The lowest BCUT2D eigenvalue weighted by Gasteiger charge is -2.03. The highest BCUT2D eigenvalue weighted by Crippen LogP contribution is 2.16. The number of carbonyl (C=O) groups is 1. The number of benzene rings is 1. The second-order valence-corrected chi connectivity index (χ2v) is 4.92. The molecule has 6 nitrogen and oxygen atoms in total. The minimum Gasteiger partial charge on any atom is -0.478 e. The van der Waals surface area contributed by atoms with E-state index in [-0.39, 0.29) is 16.9 Å². The molecule has 0 radical (unpaired) electrons. The van der Waals surface area contributed by atoms with E-state index in [2.05, 4.69) is 10.1 Å². The molecule has 0 unspecified atom stereocenters. The molecule has 22 heavy (non-hydrogen) atoms. The summed E-state index contributed by atoms with van der Waals surface area (Å²) in [5.74, 6) is -0.828. The predicted molar refractivity (Wildman–Crippen MR) is 81.3 cm³/mol. The Hall–Kier alpha value is -3.15. The second kappa shape index (κ2) is 5.33. The van der Waals surface area contributed by atoms with E-state index in [9.17, 15) is 9.59 Å². The first-order chi connectivity index (χ1) is 10.5. The Morgan fingerprint density at radius 1 is 1.18 bits per heavy atom. The number of aromatic amines is 1. The van der Waals surface area contributed by atoms with Gasteiger partial charge in [-0.2, -0.15) is 0 Å². The summed E-state index contributed by atoms with van der Waals surface area (Å²) in [5, 5.41) is 12.0. The predicted octanol–water partition coefficient (Wildman–Crippen LogP) is 2.23. The summed E-state index contributed by atoms with van der Waals surface area (Å²) in [6, 6.07) is 11.9. The molecule has 110 valence electrons. The molecule has 0 amide bonds. The summed E-state index contributed by atoms with van der Waals surface area (Å²) >= 11 is 0. The molecule has 0 saturated heterocycles. The zero-order valence-corrected chi connectivity index (χ0v) is 11.8. The maximum Gasteiger partial charge on any atom is 0.335 e. The highest BCUT2D eigenvalue weighted by Gasteiger charge is 2.10. The molecule has 3 aromatic rings. The Bertz CT molecular complexity index is 891. The van der Waals surface area contributed by atoms with Gasteiger partial charge in [-0.25, -0.2) is 14.5 Å². The summed E-state index contributed by atoms with van der Waals surface area (Å²) in [5.41, 5.74) is 2.42. The zero-order valence-electron chi connectivity index (χ0n) is 11.8. The fourth-order valence-electron chi connectivity index (χ4n) is 2.12. The molecule has 0 saturated carbocycles. The number of nitrogens with zero attached hydrogens (tertiary/aromatic N) is 2. The number of aromatic carboxylic acids is 1. The van der Waals surface area contributed by atoms with Crippen molar-refractivity contribution in [3.63, 3.8) is 0 Å². The quantitative estimate of drug-likeness (QED) is 0.775. The van der Waals surface area contributed by atoms with Crippen LogP contribution in [0, 0.1) is 6.92 Å². The van der Waals surface area contributed by atoms with Gasteiger partial charge >= 0.3 is 5.97 Å². The van der Waals surface area contributed by atoms with E-state index >= 15 is 0 Å². The van der Waals surface area contributed by atoms with Gasteiger partial charge in [0.25, 0.3) is 5.56 Å².